The first kappa shape index (κ1) is 15.7. The van der Waals surface area contributed by atoms with Gasteiger partial charge >= 0.3 is 0 Å². The van der Waals surface area contributed by atoms with Crippen LogP contribution in [-0.2, 0) is 4.79 Å². The van der Waals surface area contributed by atoms with Crippen molar-refractivity contribution < 1.29 is 9.53 Å². The summed E-state index contributed by atoms with van der Waals surface area (Å²) in [5.41, 5.74) is 2.93. The van der Waals surface area contributed by atoms with Crippen molar-refractivity contribution in [2.75, 3.05) is 12.4 Å². The predicted octanol–water partition coefficient (Wildman–Crippen LogP) is 3.77. The number of nitrogens with one attached hydrogen (secondary N) is 1. The molecule has 0 aliphatic carbocycles. The van der Waals surface area contributed by atoms with Crippen LogP contribution in [0.1, 0.15) is 24.0 Å². The van der Waals surface area contributed by atoms with Crippen molar-refractivity contribution >= 4 is 11.6 Å². The zero-order valence-electron chi connectivity index (χ0n) is 12.8. The van der Waals surface area contributed by atoms with Gasteiger partial charge in [0.1, 0.15) is 5.75 Å². The molecule has 0 aromatic heterocycles. The standard InChI is InChI=1S/C19H19NO2/c1-15-6-5-8-16(14-15)7-3-4-9-19(21)20-17-10-12-18(22-2)13-11-17/h5-6,8,10-14H,4,9H2,1-2H3,(H,20,21). The second-order valence-electron chi connectivity index (χ2n) is 4.95. The summed E-state index contributed by atoms with van der Waals surface area (Å²) >= 11 is 0. The highest BCUT2D eigenvalue weighted by Crippen LogP contribution is 2.15. The fourth-order valence-electron chi connectivity index (χ4n) is 1.96. The number of carbonyl (C=O) groups excluding carboxylic acids is 1. The molecule has 2 rings (SSSR count). The molecule has 0 aliphatic heterocycles. The number of methoxy groups -OCH3 is 1. The van der Waals surface area contributed by atoms with Crippen molar-refractivity contribution in [3.8, 4) is 17.6 Å². The van der Waals surface area contributed by atoms with Gasteiger partial charge < -0.3 is 10.1 Å². The van der Waals surface area contributed by atoms with E-state index >= 15 is 0 Å². The molecule has 0 spiro atoms. The normalized spacial score (nSPS) is 9.55. The number of hydrogen-bond acceptors (Lipinski definition) is 2. The Hall–Kier alpha value is -2.73. The van der Waals surface area contributed by atoms with Gasteiger partial charge in [-0.25, -0.2) is 0 Å². The number of hydrogen-bond donors (Lipinski definition) is 1. The van der Waals surface area contributed by atoms with Crippen molar-refractivity contribution in [1.29, 1.82) is 0 Å². The van der Waals surface area contributed by atoms with Crippen molar-refractivity contribution in [2.24, 2.45) is 0 Å². The molecule has 0 bridgehead atoms. The van der Waals surface area contributed by atoms with Gasteiger partial charge in [0.05, 0.1) is 7.11 Å². The molecule has 0 aliphatic rings. The van der Waals surface area contributed by atoms with Crippen LogP contribution >= 0.6 is 0 Å². The lowest BCUT2D eigenvalue weighted by Gasteiger charge is -2.05. The Morgan fingerprint density at radius 1 is 1.18 bits per heavy atom. The van der Waals surface area contributed by atoms with E-state index in [1.54, 1.807) is 7.11 Å². The number of benzene rings is 2. The van der Waals surface area contributed by atoms with E-state index in [2.05, 4.69) is 17.2 Å². The van der Waals surface area contributed by atoms with E-state index in [0.29, 0.717) is 12.8 Å². The zero-order valence-corrected chi connectivity index (χ0v) is 12.8. The average Bonchev–Trinajstić information content (AvgIpc) is 2.52. The molecular formula is C19H19NO2. The second-order valence-corrected chi connectivity index (χ2v) is 4.95. The third kappa shape index (κ3) is 4.99. The molecule has 1 N–H and O–H groups in total. The van der Waals surface area contributed by atoms with Gasteiger partial charge in [-0.2, -0.15) is 0 Å². The molecule has 22 heavy (non-hydrogen) atoms. The quantitative estimate of drug-likeness (QED) is 0.871. The Kier molecular flexibility index (Phi) is 5.62. The molecule has 0 saturated heterocycles. The van der Waals surface area contributed by atoms with E-state index in [9.17, 15) is 4.79 Å². The summed E-state index contributed by atoms with van der Waals surface area (Å²) in [4.78, 5) is 11.8. The molecule has 0 heterocycles. The van der Waals surface area contributed by atoms with Crippen LogP contribution in [0.2, 0.25) is 0 Å². The van der Waals surface area contributed by atoms with Crippen molar-refractivity contribution in [3.63, 3.8) is 0 Å². The largest absolute Gasteiger partial charge is 0.497 e. The minimum Gasteiger partial charge on any atom is -0.497 e. The number of carbonyl (C=O) groups is 1. The third-order valence-electron chi connectivity index (χ3n) is 3.10. The van der Waals surface area contributed by atoms with Crippen LogP contribution in [-0.4, -0.2) is 13.0 Å². The van der Waals surface area contributed by atoms with Gasteiger partial charge in [0, 0.05) is 24.1 Å². The van der Waals surface area contributed by atoms with Crippen LogP contribution in [0.3, 0.4) is 0 Å². The fraction of sp³-hybridized carbons (Fsp3) is 0.211. The van der Waals surface area contributed by atoms with Gasteiger partial charge in [-0.3, -0.25) is 4.79 Å². The number of amides is 1. The van der Waals surface area contributed by atoms with Crippen LogP contribution in [0.4, 0.5) is 5.69 Å². The van der Waals surface area contributed by atoms with Gasteiger partial charge in [-0.15, -0.1) is 0 Å². The molecule has 3 heteroatoms. The lowest BCUT2D eigenvalue weighted by molar-refractivity contribution is -0.116. The Morgan fingerprint density at radius 3 is 2.64 bits per heavy atom. The van der Waals surface area contributed by atoms with Crippen LogP contribution in [0.15, 0.2) is 48.5 Å². The van der Waals surface area contributed by atoms with Crippen LogP contribution in [0.5, 0.6) is 5.75 Å². The maximum Gasteiger partial charge on any atom is 0.225 e. The molecule has 3 nitrogen and oxygen atoms in total. The lowest BCUT2D eigenvalue weighted by atomic mass is 10.1. The Balaban J connectivity index is 1.80. The number of aryl methyl sites for hydroxylation is 1. The predicted molar refractivity (Wildman–Crippen MR) is 88.9 cm³/mol. The molecule has 2 aromatic rings. The molecule has 0 saturated carbocycles. The SMILES string of the molecule is COc1ccc(NC(=O)CCC#Cc2cccc(C)c2)cc1. The average molecular weight is 293 g/mol. The Morgan fingerprint density at radius 2 is 1.95 bits per heavy atom. The third-order valence-corrected chi connectivity index (χ3v) is 3.10. The topological polar surface area (TPSA) is 38.3 Å². The highest BCUT2D eigenvalue weighted by atomic mass is 16.5. The monoisotopic (exact) mass is 293 g/mol. The first-order valence-electron chi connectivity index (χ1n) is 7.17. The summed E-state index contributed by atoms with van der Waals surface area (Å²) in [6.45, 7) is 2.04. The summed E-state index contributed by atoms with van der Waals surface area (Å²) < 4.78 is 5.07. The maximum absolute atomic E-state index is 11.8. The van der Waals surface area contributed by atoms with Gasteiger partial charge in [0.2, 0.25) is 5.91 Å². The summed E-state index contributed by atoms with van der Waals surface area (Å²) in [6.07, 6.45) is 0.917. The molecule has 0 atom stereocenters. The lowest BCUT2D eigenvalue weighted by Crippen LogP contribution is -2.10. The van der Waals surface area contributed by atoms with E-state index in [1.807, 2.05) is 55.5 Å². The first-order chi connectivity index (χ1) is 10.7. The van der Waals surface area contributed by atoms with Crippen molar-refractivity contribution in [3.05, 3.63) is 59.7 Å². The highest BCUT2D eigenvalue weighted by molar-refractivity contribution is 5.90. The smallest absolute Gasteiger partial charge is 0.225 e. The van der Waals surface area contributed by atoms with Gasteiger partial charge in [0.15, 0.2) is 0 Å². The maximum atomic E-state index is 11.8. The van der Waals surface area contributed by atoms with E-state index in [-0.39, 0.29) is 5.91 Å². The molecule has 0 unspecified atom stereocenters. The van der Waals surface area contributed by atoms with E-state index < -0.39 is 0 Å². The van der Waals surface area contributed by atoms with Gasteiger partial charge in [-0.05, 0) is 48.9 Å². The zero-order chi connectivity index (χ0) is 15.8. The van der Waals surface area contributed by atoms with Crippen molar-refractivity contribution in [2.45, 2.75) is 19.8 Å². The van der Waals surface area contributed by atoms with E-state index in [0.717, 1.165) is 17.0 Å². The molecule has 112 valence electrons. The molecule has 0 radical (unpaired) electrons. The number of rotatable bonds is 4. The minimum atomic E-state index is -0.0382. The molecule has 0 fully saturated rings. The highest BCUT2D eigenvalue weighted by Gasteiger charge is 2.01. The summed E-state index contributed by atoms with van der Waals surface area (Å²) in [7, 11) is 1.61. The van der Waals surface area contributed by atoms with E-state index in [1.165, 1.54) is 5.56 Å². The van der Waals surface area contributed by atoms with Gasteiger partial charge in [0.25, 0.3) is 0 Å². The van der Waals surface area contributed by atoms with Crippen LogP contribution in [0, 0.1) is 18.8 Å². The second kappa shape index (κ2) is 7.90. The summed E-state index contributed by atoms with van der Waals surface area (Å²) in [5, 5.41) is 2.84. The number of anilines is 1. The van der Waals surface area contributed by atoms with Gasteiger partial charge in [-0.1, -0.05) is 24.0 Å². The van der Waals surface area contributed by atoms with Crippen LogP contribution < -0.4 is 10.1 Å². The van der Waals surface area contributed by atoms with Crippen LogP contribution in [0.25, 0.3) is 0 Å². The summed E-state index contributed by atoms with van der Waals surface area (Å²) in [5.74, 6) is 6.83. The minimum absolute atomic E-state index is 0.0382. The Labute approximate surface area is 131 Å². The van der Waals surface area contributed by atoms with Crippen molar-refractivity contribution in [1.82, 2.24) is 0 Å². The summed E-state index contributed by atoms with van der Waals surface area (Å²) in [6, 6.07) is 15.3. The van der Waals surface area contributed by atoms with E-state index in [4.69, 9.17) is 4.74 Å². The number of ether oxygens (including phenoxy) is 1. The fourth-order valence-corrected chi connectivity index (χ4v) is 1.96. The molecular weight excluding hydrogens is 274 g/mol. The molecule has 1 amide bonds. The molecule has 2 aromatic carbocycles. The Bertz CT molecular complexity index is 693. The first-order valence-corrected chi connectivity index (χ1v) is 7.17.